The highest BCUT2D eigenvalue weighted by atomic mass is 32.1. The molecule has 0 aliphatic heterocycles. The number of benzene rings is 1. The monoisotopic (exact) mass is 383 g/mol. The van der Waals surface area contributed by atoms with Gasteiger partial charge < -0.3 is 15.4 Å². The van der Waals surface area contributed by atoms with E-state index in [2.05, 4.69) is 21.8 Å². The molecule has 1 fully saturated rings. The molecule has 4 rings (SSSR count). The van der Waals surface area contributed by atoms with Crippen molar-refractivity contribution in [1.82, 2.24) is 9.55 Å². The molecule has 1 aliphatic carbocycles. The van der Waals surface area contributed by atoms with Crippen LogP contribution in [0.1, 0.15) is 55.9 Å². The number of hydrogen-bond donors (Lipinski definition) is 2. The molecular formula is C21H25N3O2S. The summed E-state index contributed by atoms with van der Waals surface area (Å²) in [5.41, 5.74) is 9.41. The number of hydrogen-bond acceptors (Lipinski definition) is 4. The third-order valence-electron chi connectivity index (χ3n) is 5.91. The molecule has 1 aromatic carbocycles. The molecule has 2 aromatic heterocycles. The van der Waals surface area contributed by atoms with Crippen molar-refractivity contribution < 1.29 is 9.90 Å². The molecule has 0 atom stereocenters. The van der Waals surface area contributed by atoms with E-state index in [4.69, 9.17) is 5.73 Å². The molecule has 1 amide bonds. The van der Waals surface area contributed by atoms with Gasteiger partial charge in [-0.05, 0) is 69.2 Å². The van der Waals surface area contributed by atoms with Crippen LogP contribution in [-0.4, -0.2) is 26.2 Å². The largest absolute Gasteiger partial charge is 0.390 e. The number of rotatable bonds is 4. The minimum atomic E-state index is -0.623. The van der Waals surface area contributed by atoms with Gasteiger partial charge in [-0.15, -0.1) is 11.3 Å². The number of primary amides is 1. The summed E-state index contributed by atoms with van der Waals surface area (Å²) in [5, 5.41) is 11.2. The highest BCUT2D eigenvalue weighted by molar-refractivity contribution is 7.13. The maximum atomic E-state index is 12.0. The number of aliphatic hydroxyl groups is 1. The third kappa shape index (κ3) is 3.39. The maximum absolute atomic E-state index is 12.0. The van der Waals surface area contributed by atoms with E-state index in [-0.39, 0.29) is 0 Å². The molecule has 1 saturated carbocycles. The average Bonchev–Trinajstić information content (AvgIpc) is 3.30. The Balaban J connectivity index is 1.73. The molecule has 0 saturated heterocycles. The Morgan fingerprint density at radius 2 is 2.04 bits per heavy atom. The van der Waals surface area contributed by atoms with E-state index in [0.717, 1.165) is 47.0 Å². The van der Waals surface area contributed by atoms with Gasteiger partial charge in [-0.3, -0.25) is 9.78 Å². The summed E-state index contributed by atoms with van der Waals surface area (Å²) in [4.78, 5) is 17.2. The predicted octanol–water partition coefficient (Wildman–Crippen LogP) is 4.37. The SMILES string of the molecule is CC(C)(O)C1CCC(n2ccc3c(C(N)=O)cc(-c4cncs4)cc32)CC1. The van der Waals surface area contributed by atoms with Crippen LogP contribution in [0.3, 0.4) is 0 Å². The maximum Gasteiger partial charge on any atom is 0.249 e. The van der Waals surface area contributed by atoms with Gasteiger partial charge in [0.2, 0.25) is 5.91 Å². The number of nitrogens with zero attached hydrogens (tertiary/aromatic N) is 2. The van der Waals surface area contributed by atoms with Crippen LogP contribution in [0.4, 0.5) is 0 Å². The van der Waals surface area contributed by atoms with Crippen LogP contribution in [-0.2, 0) is 0 Å². The van der Waals surface area contributed by atoms with Gasteiger partial charge in [0.1, 0.15) is 0 Å². The molecule has 0 unspecified atom stereocenters. The van der Waals surface area contributed by atoms with Crippen molar-refractivity contribution in [2.75, 3.05) is 0 Å². The fourth-order valence-electron chi connectivity index (χ4n) is 4.35. The van der Waals surface area contributed by atoms with Crippen LogP contribution in [0.15, 0.2) is 36.1 Å². The van der Waals surface area contributed by atoms with Gasteiger partial charge in [0, 0.05) is 34.9 Å². The van der Waals surface area contributed by atoms with Crippen molar-refractivity contribution in [2.24, 2.45) is 11.7 Å². The molecule has 0 radical (unpaired) electrons. The summed E-state index contributed by atoms with van der Waals surface area (Å²) in [7, 11) is 0. The molecule has 0 bridgehead atoms. The number of carbonyl (C=O) groups excluding carboxylic acids is 1. The highest BCUT2D eigenvalue weighted by Gasteiger charge is 2.32. The van der Waals surface area contributed by atoms with Crippen molar-refractivity contribution in [3.05, 3.63) is 41.7 Å². The standard InChI is InChI=1S/C21H25N3O2S/c1-21(2,26)14-3-5-15(6-4-14)24-8-7-16-17(20(22)25)9-13(10-18(16)24)19-11-23-12-27-19/h7-12,14-15,26H,3-6H2,1-2H3,(H2,22,25). The quantitative estimate of drug-likeness (QED) is 0.702. The zero-order valence-electron chi connectivity index (χ0n) is 15.7. The molecule has 3 aromatic rings. The van der Waals surface area contributed by atoms with E-state index >= 15 is 0 Å². The lowest BCUT2D eigenvalue weighted by Crippen LogP contribution is -2.34. The fourth-order valence-corrected chi connectivity index (χ4v) is 4.96. The van der Waals surface area contributed by atoms with Crippen molar-refractivity contribution in [3.63, 3.8) is 0 Å². The Labute approximate surface area is 162 Å². The van der Waals surface area contributed by atoms with Gasteiger partial charge in [-0.1, -0.05) is 0 Å². The summed E-state index contributed by atoms with van der Waals surface area (Å²) in [6.45, 7) is 3.81. The van der Waals surface area contributed by atoms with Crippen LogP contribution in [0.2, 0.25) is 0 Å². The Morgan fingerprint density at radius 1 is 1.30 bits per heavy atom. The molecule has 27 heavy (non-hydrogen) atoms. The fraction of sp³-hybridized carbons (Fsp3) is 0.429. The Morgan fingerprint density at radius 3 is 2.63 bits per heavy atom. The molecule has 2 heterocycles. The van der Waals surface area contributed by atoms with Crippen LogP contribution < -0.4 is 5.73 Å². The van der Waals surface area contributed by atoms with Crippen LogP contribution >= 0.6 is 11.3 Å². The predicted molar refractivity (Wildman–Crippen MR) is 109 cm³/mol. The Bertz CT molecular complexity index is 961. The normalized spacial score (nSPS) is 20.9. The number of carbonyl (C=O) groups is 1. The lowest BCUT2D eigenvalue weighted by Gasteiger charge is -2.36. The lowest BCUT2D eigenvalue weighted by atomic mass is 9.77. The van der Waals surface area contributed by atoms with E-state index < -0.39 is 11.5 Å². The first-order valence-electron chi connectivity index (χ1n) is 9.40. The third-order valence-corrected chi connectivity index (χ3v) is 6.73. The molecule has 1 aliphatic rings. The minimum absolute atomic E-state index is 0.338. The van der Waals surface area contributed by atoms with E-state index in [1.54, 1.807) is 16.8 Å². The topological polar surface area (TPSA) is 81.1 Å². The first kappa shape index (κ1) is 18.2. The average molecular weight is 384 g/mol. The second-order valence-electron chi connectivity index (χ2n) is 8.07. The van der Waals surface area contributed by atoms with E-state index in [0.29, 0.717) is 17.5 Å². The zero-order chi connectivity index (χ0) is 19.2. The van der Waals surface area contributed by atoms with Crippen molar-refractivity contribution in [1.29, 1.82) is 0 Å². The summed E-state index contributed by atoms with van der Waals surface area (Å²) in [6.07, 6.45) is 7.95. The van der Waals surface area contributed by atoms with E-state index in [1.165, 1.54) is 0 Å². The molecule has 6 heteroatoms. The summed E-state index contributed by atoms with van der Waals surface area (Å²) >= 11 is 1.55. The van der Waals surface area contributed by atoms with Gasteiger partial charge in [0.05, 0.1) is 16.0 Å². The van der Waals surface area contributed by atoms with Crippen LogP contribution in [0, 0.1) is 5.92 Å². The number of amides is 1. The molecule has 5 nitrogen and oxygen atoms in total. The van der Waals surface area contributed by atoms with Crippen molar-refractivity contribution in [2.45, 2.75) is 51.2 Å². The smallest absolute Gasteiger partial charge is 0.249 e. The van der Waals surface area contributed by atoms with Gasteiger partial charge >= 0.3 is 0 Å². The molecule has 0 spiro atoms. The van der Waals surface area contributed by atoms with Gasteiger partial charge in [-0.2, -0.15) is 0 Å². The Kier molecular flexibility index (Phi) is 4.56. The van der Waals surface area contributed by atoms with E-state index in [1.807, 2.05) is 32.2 Å². The van der Waals surface area contributed by atoms with E-state index in [9.17, 15) is 9.90 Å². The second-order valence-corrected chi connectivity index (χ2v) is 8.96. The lowest BCUT2D eigenvalue weighted by molar-refractivity contribution is -0.00464. The van der Waals surface area contributed by atoms with Crippen molar-refractivity contribution >= 4 is 28.1 Å². The highest BCUT2D eigenvalue weighted by Crippen LogP contribution is 2.40. The van der Waals surface area contributed by atoms with Gasteiger partial charge in [0.15, 0.2) is 0 Å². The van der Waals surface area contributed by atoms with Crippen molar-refractivity contribution in [3.8, 4) is 10.4 Å². The summed E-state index contributed by atoms with van der Waals surface area (Å²) in [5.74, 6) is -0.0700. The Hall–Kier alpha value is -2.18. The van der Waals surface area contributed by atoms with Gasteiger partial charge in [-0.25, -0.2) is 0 Å². The summed E-state index contributed by atoms with van der Waals surface area (Å²) < 4.78 is 2.28. The number of aromatic nitrogens is 2. The molecule has 142 valence electrons. The number of thiazole rings is 1. The first-order chi connectivity index (χ1) is 12.8. The molecule has 3 N–H and O–H groups in total. The summed E-state index contributed by atoms with van der Waals surface area (Å²) in [6, 6.07) is 6.37. The van der Waals surface area contributed by atoms with Crippen LogP contribution in [0.5, 0.6) is 0 Å². The first-order valence-corrected chi connectivity index (χ1v) is 10.3. The van der Waals surface area contributed by atoms with Gasteiger partial charge in [0.25, 0.3) is 0 Å². The number of fused-ring (bicyclic) bond motifs is 1. The number of nitrogens with two attached hydrogens (primary N) is 1. The second kappa shape index (κ2) is 6.77. The minimum Gasteiger partial charge on any atom is -0.390 e. The molecular weight excluding hydrogens is 358 g/mol. The van der Waals surface area contributed by atoms with Crippen LogP contribution in [0.25, 0.3) is 21.3 Å². The zero-order valence-corrected chi connectivity index (χ0v) is 16.5.